The number of hydrogen-bond acceptors (Lipinski definition) is 6. The van der Waals surface area contributed by atoms with Crippen LogP contribution in [0.1, 0.15) is 37.3 Å². The molecule has 168 valence electrons. The molecule has 0 aromatic heterocycles. The van der Waals surface area contributed by atoms with Crippen LogP contribution in [0.15, 0.2) is 12.1 Å². The molecular formula is C21H30Cl2N2O5. The molecule has 0 radical (unpaired) electrons. The number of rotatable bonds is 4. The zero-order chi connectivity index (χ0) is 19.8. The van der Waals surface area contributed by atoms with Crippen LogP contribution in [0.5, 0.6) is 11.5 Å². The molecule has 1 saturated heterocycles. The van der Waals surface area contributed by atoms with E-state index in [4.69, 9.17) is 9.47 Å². The molecule has 1 spiro atoms. The highest BCUT2D eigenvalue weighted by Gasteiger charge is 2.73. The van der Waals surface area contributed by atoms with E-state index in [-0.39, 0.29) is 54.2 Å². The number of nitrogens with one attached hydrogen (secondary N) is 1. The molecule has 4 aliphatic rings. The standard InChI is InChI=1S/C21H28N2O5.2ClH/c1-11(19(25)26)22-13-6-7-21(27-3)15-10-12-4-5-14(24)17-16(12)20(21,18(13)28-17)8-9-23(15)2;;/h4-5,11,13,15,18,22,24H,6-10H2,1-3H3,(H,25,26);2*1H/t11-,13+,15?,18-,20?,21+;;/m0../s1. The van der Waals surface area contributed by atoms with Crippen molar-refractivity contribution in [2.45, 2.75) is 67.9 Å². The van der Waals surface area contributed by atoms with Gasteiger partial charge in [-0.1, -0.05) is 6.07 Å². The lowest BCUT2D eigenvalue weighted by atomic mass is 9.48. The average molecular weight is 461 g/mol. The summed E-state index contributed by atoms with van der Waals surface area (Å²) in [5, 5.41) is 23.3. The number of carbonyl (C=O) groups is 1. The highest BCUT2D eigenvalue weighted by atomic mass is 35.5. The fraction of sp³-hybridized carbons (Fsp3) is 0.667. The number of phenolic OH excluding ortho intramolecular Hbond substituents is 1. The molecule has 2 fully saturated rings. The van der Waals surface area contributed by atoms with E-state index in [1.54, 1.807) is 20.1 Å². The molecule has 2 heterocycles. The summed E-state index contributed by atoms with van der Waals surface area (Å²) in [5.74, 6) is -0.136. The van der Waals surface area contributed by atoms with Crippen LogP contribution >= 0.6 is 24.8 Å². The van der Waals surface area contributed by atoms with Crippen molar-refractivity contribution in [1.29, 1.82) is 0 Å². The highest BCUT2D eigenvalue weighted by molar-refractivity contribution is 5.85. The Labute approximate surface area is 188 Å². The molecule has 6 atom stereocenters. The van der Waals surface area contributed by atoms with Gasteiger partial charge < -0.3 is 24.6 Å². The van der Waals surface area contributed by atoms with Gasteiger partial charge in [-0.25, -0.2) is 0 Å². The number of piperidine rings is 1. The first-order chi connectivity index (χ1) is 13.4. The van der Waals surface area contributed by atoms with Crippen molar-refractivity contribution in [3.8, 4) is 11.5 Å². The maximum atomic E-state index is 11.5. The van der Waals surface area contributed by atoms with Crippen LogP contribution in [-0.2, 0) is 21.4 Å². The summed E-state index contributed by atoms with van der Waals surface area (Å²) >= 11 is 0. The zero-order valence-corrected chi connectivity index (χ0v) is 19.0. The van der Waals surface area contributed by atoms with E-state index in [0.29, 0.717) is 5.75 Å². The van der Waals surface area contributed by atoms with Gasteiger partial charge in [0.05, 0.1) is 11.0 Å². The molecule has 1 saturated carbocycles. The van der Waals surface area contributed by atoms with Crippen molar-refractivity contribution < 1.29 is 24.5 Å². The van der Waals surface area contributed by atoms with Crippen LogP contribution in [0.2, 0.25) is 0 Å². The lowest BCUT2D eigenvalue weighted by Gasteiger charge is -2.65. The zero-order valence-electron chi connectivity index (χ0n) is 17.4. The number of halogens is 2. The second kappa shape index (κ2) is 7.71. The third kappa shape index (κ3) is 2.65. The highest BCUT2D eigenvalue weighted by Crippen LogP contribution is 2.66. The van der Waals surface area contributed by atoms with Crippen LogP contribution in [0.3, 0.4) is 0 Å². The fourth-order valence-corrected chi connectivity index (χ4v) is 6.70. The van der Waals surface area contributed by atoms with Gasteiger partial charge in [-0.05, 0) is 57.8 Å². The minimum absolute atomic E-state index is 0. The number of phenols is 1. The number of aromatic hydroxyl groups is 1. The summed E-state index contributed by atoms with van der Waals surface area (Å²) in [4.78, 5) is 13.9. The third-order valence-corrected chi connectivity index (χ3v) is 7.89. The molecule has 1 aromatic carbocycles. The predicted molar refractivity (Wildman–Crippen MR) is 116 cm³/mol. The minimum Gasteiger partial charge on any atom is -0.504 e. The van der Waals surface area contributed by atoms with E-state index >= 15 is 0 Å². The first-order valence-electron chi connectivity index (χ1n) is 10.1. The van der Waals surface area contributed by atoms with Crippen molar-refractivity contribution in [1.82, 2.24) is 10.2 Å². The largest absolute Gasteiger partial charge is 0.504 e. The molecule has 5 rings (SSSR count). The first kappa shape index (κ1) is 23.4. The summed E-state index contributed by atoms with van der Waals surface area (Å²) in [6.07, 6.45) is 3.07. The number of aliphatic carboxylic acids is 1. The summed E-state index contributed by atoms with van der Waals surface area (Å²) < 4.78 is 12.8. The molecule has 30 heavy (non-hydrogen) atoms. The van der Waals surface area contributed by atoms with Gasteiger partial charge in [-0.3, -0.25) is 10.1 Å². The van der Waals surface area contributed by atoms with E-state index in [2.05, 4.69) is 17.3 Å². The average Bonchev–Trinajstić information content (AvgIpc) is 3.03. The molecule has 7 nitrogen and oxygen atoms in total. The van der Waals surface area contributed by atoms with Crippen LogP contribution in [0.25, 0.3) is 0 Å². The van der Waals surface area contributed by atoms with Crippen LogP contribution < -0.4 is 10.1 Å². The van der Waals surface area contributed by atoms with Crippen molar-refractivity contribution in [3.05, 3.63) is 23.3 Å². The van der Waals surface area contributed by atoms with E-state index in [1.807, 2.05) is 6.07 Å². The van der Waals surface area contributed by atoms with Gasteiger partial charge in [-0.2, -0.15) is 0 Å². The normalized spacial score (nSPS) is 36.6. The number of carboxylic acids is 1. The van der Waals surface area contributed by atoms with Gasteiger partial charge in [0, 0.05) is 24.8 Å². The van der Waals surface area contributed by atoms with Gasteiger partial charge >= 0.3 is 5.97 Å². The predicted octanol–water partition coefficient (Wildman–Crippen LogP) is 2.11. The Kier molecular flexibility index (Phi) is 6.02. The number of ether oxygens (including phenoxy) is 2. The second-order valence-corrected chi connectivity index (χ2v) is 8.87. The van der Waals surface area contributed by atoms with Crippen molar-refractivity contribution >= 4 is 30.8 Å². The summed E-state index contributed by atoms with van der Waals surface area (Å²) in [5.41, 5.74) is 1.53. The van der Waals surface area contributed by atoms with E-state index in [1.165, 1.54) is 5.56 Å². The maximum absolute atomic E-state index is 11.5. The van der Waals surface area contributed by atoms with Crippen molar-refractivity contribution in [2.75, 3.05) is 20.7 Å². The Balaban J connectivity index is 0.00000128. The molecule has 1 aromatic rings. The molecule has 2 unspecified atom stereocenters. The van der Waals surface area contributed by atoms with Crippen molar-refractivity contribution in [2.24, 2.45) is 0 Å². The smallest absolute Gasteiger partial charge is 0.320 e. The molecule has 2 aliphatic carbocycles. The number of likely N-dealkylation sites (N-methyl/N-ethyl adjacent to an activating group) is 1. The van der Waals surface area contributed by atoms with E-state index < -0.39 is 17.6 Å². The van der Waals surface area contributed by atoms with Crippen LogP contribution in [0.4, 0.5) is 0 Å². The third-order valence-electron chi connectivity index (χ3n) is 7.89. The van der Waals surface area contributed by atoms with E-state index in [0.717, 1.165) is 37.8 Å². The number of benzene rings is 1. The number of likely N-dealkylation sites (tertiary alicyclic amines) is 1. The van der Waals surface area contributed by atoms with Gasteiger partial charge in [0.2, 0.25) is 0 Å². The number of carboxylic acid groups (broad SMARTS) is 1. The molecular weight excluding hydrogens is 431 g/mol. The quantitative estimate of drug-likeness (QED) is 0.633. The number of nitrogens with zero attached hydrogens (tertiary/aromatic N) is 1. The molecule has 2 aliphatic heterocycles. The van der Waals surface area contributed by atoms with Crippen LogP contribution in [-0.4, -0.2) is 71.6 Å². The maximum Gasteiger partial charge on any atom is 0.320 e. The van der Waals surface area contributed by atoms with Gasteiger partial charge in [0.1, 0.15) is 12.1 Å². The van der Waals surface area contributed by atoms with Gasteiger partial charge in [0.15, 0.2) is 11.5 Å². The topological polar surface area (TPSA) is 91.3 Å². The lowest BCUT2D eigenvalue weighted by Crippen LogP contribution is -2.78. The summed E-state index contributed by atoms with van der Waals surface area (Å²) in [7, 11) is 3.96. The Morgan fingerprint density at radius 2 is 2.10 bits per heavy atom. The fourth-order valence-electron chi connectivity index (χ4n) is 6.70. The molecule has 2 bridgehead atoms. The van der Waals surface area contributed by atoms with Gasteiger partial charge in [0.25, 0.3) is 0 Å². The number of methoxy groups -OCH3 is 1. The minimum atomic E-state index is -0.870. The molecule has 3 N–H and O–H groups in total. The Hall–Kier alpha value is -1.25. The van der Waals surface area contributed by atoms with E-state index in [9.17, 15) is 15.0 Å². The summed E-state index contributed by atoms with van der Waals surface area (Å²) in [6, 6.07) is 3.20. The summed E-state index contributed by atoms with van der Waals surface area (Å²) in [6.45, 7) is 2.59. The molecule has 9 heteroatoms. The van der Waals surface area contributed by atoms with Crippen molar-refractivity contribution in [3.63, 3.8) is 0 Å². The molecule has 0 amide bonds. The van der Waals surface area contributed by atoms with Gasteiger partial charge in [-0.15, -0.1) is 24.8 Å². The number of hydrogen-bond donors (Lipinski definition) is 3. The monoisotopic (exact) mass is 460 g/mol. The van der Waals surface area contributed by atoms with Crippen LogP contribution in [0, 0.1) is 0 Å². The SMILES string of the molecule is CO[C@@]12CC[C@@H](N[C@@H](C)C(=O)O)[C@@H]3Oc4c(O)ccc5c4C31CCN(C)C2C5.Cl.Cl. The Morgan fingerprint density at radius 3 is 2.77 bits per heavy atom. The lowest BCUT2D eigenvalue weighted by molar-refractivity contribution is -0.204. The Morgan fingerprint density at radius 1 is 1.37 bits per heavy atom. The first-order valence-corrected chi connectivity index (χ1v) is 10.1. The Bertz CT molecular complexity index is 855. The second-order valence-electron chi connectivity index (χ2n) is 8.87.